The molecule has 6 nitrogen and oxygen atoms in total. The summed E-state index contributed by atoms with van der Waals surface area (Å²) in [4.78, 5) is 25.0. The Morgan fingerprint density at radius 3 is 2.60 bits per heavy atom. The van der Waals surface area contributed by atoms with Crippen LogP contribution in [0.1, 0.15) is 44.0 Å². The van der Waals surface area contributed by atoms with Crippen LogP contribution < -0.4 is 14.8 Å². The number of benzene rings is 1. The molecular weight excluding hydrogens is 322 g/mol. The molecule has 2 atom stereocenters. The number of amides is 1. The second-order valence-electron chi connectivity index (χ2n) is 7.23. The maximum absolute atomic E-state index is 13.0. The molecule has 134 valence electrons. The number of ether oxygens (including phenoxy) is 3. The molecule has 0 aromatic heterocycles. The first-order valence-corrected chi connectivity index (χ1v) is 8.42. The van der Waals surface area contributed by atoms with Gasteiger partial charge in [-0.2, -0.15) is 0 Å². The summed E-state index contributed by atoms with van der Waals surface area (Å²) >= 11 is 0. The summed E-state index contributed by atoms with van der Waals surface area (Å²) in [6, 6.07) is 4.88. The van der Waals surface area contributed by atoms with Crippen LogP contribution in [0.15, 0.2) is 30.4 Å². The molecule has 1 amide bonds. The summed E-state index contributed by atoms with van der Waals surface area (Å²) in [5.74, 6) is 0.860. The lowest BCUT2D eigenvalue weighted by molar-refractivity contribution is 0.0482. The lowest BCUT2D eigenvalue weighted by Crippen LogP contribution is -2.46. The SMILES string of the molecule is CC(C)(C)OC(=O)N[C@H]1CC=CC[C@H]1C(=O)c1ccc2c(c1)OCO2. The zero-order valence-corrected chi connectivity index (χ0v) is 14.7. The Morgan fingerprint density at radius 1 is 1.12 bits per heavy atom. The molecule has 0 spiro atoms. The number of carbonyl (C=O) groups excluding carboxylic acids is 2. The van der Waals surface area contributed by atoms with Gasteiger partial charge >= 0.3 is 6.09 Å². The van der Waals surface area contributed by atoms with Gasteiger partial charge in [0.1, 0.15) is 5.60 Å². The average molecular weight is 345 g/mol. The van der Waals surface area contributed by atoms with Gasteiger partial charge < -0.3 is 19.5 Å². The van der Waals surface area contributed by atoms with Gasteiger partial charge in [-0.05, 0) is 51.8 Å². The van der Waals surface area contributed by atoms with Gasteiger partial charge in [-0.15, -0.1) is 0 Å². The molecule has 0 saturated carbocycles. The highest BCUT2D eigenvalue weighted by Gasteiger charge is 2.32. The second-order valence-corrected chi connectivity index (χ2v) is 7.23. The molecule has 0 radical (unpaired) electrons. The van der Waals surface area contributed by atoms with E-state index in [0.717, 1.165) is 0 Å². The van der Waals surface area contributed by atoms with E-state index in [1.165, 1.54) is 0 Å². The van der Waals surface area contributed by atoms with E-state index in [2.05, 4.69) is 5.32 Å². The topological polar surface area (TPSA) is 73.9 Å². The van der Waals surface area contributed by atoms with E-state index in [4.69, 9.17) is 14.2 Å². The summed E-state index contributed by atoms with van der Waals surface area (Å²) in [6.07, 6.45) is 4.62. The van der Waals surface area contributed by atoms with Crippen LogP contribution >= 0.6 is 0 Å². The normalized spacial score (nSPS) is 21.7. The van der Waals surface area contributed by atoms with Gasteiger partial charge in [0, 0.05) is 17.5 Å². The van der Waals surface area contributed by atoms with E-state index in [1.807, 2.05) is 32.9 Å². The molecule has 3 rings (SSSR count). The number of Topliss-reactive ketones (excluding diaryl/α,β-unsaturated/α-hetero) is 1. The molecular formula is C19H23NO5. The molecule has 25 heavy (non-hydrogen) atoms. The van der Waals surface area contributed by atoms with Crippen molar-refractivity contribution in [1.82, 2.24) is 5.32 Å². The lowest BCUT2D eigenvalue weighted by Gasteiger charge is -2.29. The maximum atomic E-state index is 13.0. The van der Waals surface area contributed by atoms with Crippen LogP contribution in [0.2, 0.25) is 0 Å². The highest BCUT2D eigenvalue weighted by Crippen LogP contribution is 2.34. The van der Waals surface area contributed by atoms with Crippen molar-refractivity contribution in [3.05, 3.63) is 35.9 Å². The number of allylic oxidation sites excluding steroid dienone is 1. The Hall–Kier alpha value is -2.50. The van der Waals surface area contributed by atoms with Crippen LogP contribution in [0.3, 0.4) is 0 Å². The van der Waals surface area contributed by atoms with Crippen molar-refractivity contribution in [3.8, 4) is 11.5 Å². The van der Waals surface area contributed by atoms with Crippen LogP contribution in [0.4, 0.5) is 4.79 Å². The summed E-state index contributed by atoms with van der Waals surface area (Å²) in [5, 5.41) is 2.84. The molecule has 1 aliphatic carbocycles. The highest BCUT2D eigenvalue weighted by atomic mass is 16.7. The summed E-state index contributed by atoms with van der Waals surface area (Å²) in [5.41, 5.74) is -0.0219. The van der Waals surface area contributed by atoms with Crippen molar-refractivity contribution in [2.45, 2.75) is 45.3 Å². The summed E-state index contributed by atoms with van der Waals surface area (Å²) in [6.45, 7) is 5.59. The minimum atomic E-state index is -0.578. The van der Waals surface area contributed by atoms with E-state index >= 15 is 0 Å². The third kappa shape index (κ3) is 4.13. The Morgan fingerprint density at radius 2 is 1.84 bits per heavy atom. The minimum absolute atomic E-state index is 0.0243. The molecule has 0 unspecified atom stereocenters. The Kier molecular flexibility index (Phi) is 4.70. The predicted octanol–water partition coefficient (Wildman–Crippen LogP) is 3.46. The van der Waals surface area contributed by atoms with Gasteiger partial charge in [0.25, 0.3) is 0 Å². The van der Waals surface area contributed by atoms with Crippen LogP contribution in [0.25, 0.3) is 0 Å². The number of fused-ring (bicyclic) bond motifs is 1. The zero-order valence-electron chi connectivity index (χ0n) is 14.7. The number of ketones is 1. The number of carbonyl (C=O) groups is 2. The smallest absolute Gasteiger partial charge is 0.407 e. The van der Waals surface area contributed by atoms with E-state index < -0.39 is 11.7 Å². The predicted molar refractivity (Wildman–Crippen MR) is 91.9 cm³/mol. The van der Waals surface area contributed by atoms with Gasteiger partial charge in [0.05, 0.1) is 0 Å². The molecule has 0 saturated heterocycles. The number of alkyl carbamates (subject to hydrolysis) is 1. The first-order chi connectivity index (χ1) is 11.8. The quantitative estimate of drug-likeness (QED) is 0.671. The fraction of sp³-hybridized carbons (Fsp3) is 0.474. The Labute approximate surface area is 147 Å². The highest BCUT2D eigenvalue weighted by molar-refractivity contribution is 5.99. The number of hydrogen-bond acceptors (Lipinski definition) is 5. The van der Waals surface area contributed by atoms with Gasteiger partial charge in [-0.3, -0.25) is 4.79 Å². The van der Waals surface area contributed by atoms with Gasteiger partial charge in [0.2, 0.25) is 6.79 Å². The molecule has 2 aliphatic rings. The van der Waals surface area contributed by atoms with Crippen LogP contribution in [0, 0.1) is 5.92 Å². The average Bonchev–Trinajstić information content (AvgIpc) is 3.00. The summed E-state index contributed by atoms with van der Waals surface area (Å²) in [7, 11) is 0. The Bertz CT molecular complexity index is 704. The van der Waals surface area contributed by atoms with Crippen molar-refractivity contribution in [2.24, 2.45) is 5.92 Å². The molecule has 1 aromatic carbocycles. The maximum Gasteiger partial charge on any atom is 0.407 e. The fourth-order valence-corrected chi connectivity index (χ4v) is 2.99. The molecule has 1 aliphatic heterocycles. The zero-order chi connectivity index (χ0) is 18.0. The largest absolute Gasteiger partial charge is 0.454 e. The molecule has 1 aromatic rings. The molecule has 0 bridgehead atoms. The number of hydrogen-bond donors (Lipinski definition) is 1. The standard InChI is InChI=1S/C19H23NO5/c1-19(2,3)25-18(22)20-14-7-5-4-6-13(14)17(21)12-8-9-15-16(10-12)24-11-23-15/h4-5,8-10,13-14H,6-7,11H2,1-3H3,(H,20,22)/t13-,14+/m1/s1. The van der Waals surface area contributed by atoms with Crippen molar-refractivity contribution >= 4 is 11.9 Å². The van der Waals surface area contributed by atoms with Crippen molar-refractivity contribution in [2.75, 3.05) is 6.79 Å². The van der Waals surface area contributed by atoms with E-state index in [-0.39, 0.29) is 24.5 Å². The van der Waals surface area contributed by atoms with E-state index in [0.29, 0.717) is 29.9 Å². The van der Waals surface area contributed by atoms with Crippen molar-refractivity contribution in [3.63, 3.8) is 0 Å². The molecule has 6 heteroatoms. The minimum Gasteiger partial charge on any atom is -0.454 e. The van der Waals surface area contributed by atoms with E-state index in [9.17, 15) is 9.59 Å². The van der Waals surface area contributed by atoms with Crippen molar-refractivity contribution in [1.29, 1.82) is 0 Å². The molecule has 0 fully saturated rings. The third-order valence-electron chi connectivity index (χ3n) is 4.13. The van der Waals surface area contributed by atoms with Gasteiger partial charge in [0.15, 0.2) is 17.3 Å². The van der Waals surface area contributed by atoms with Crippen LogP contribution in [-0.4, -0.2) is 30.3 Å². The Balaban J connectivity index is 1.73. The fourth-order valence-electron chi connectivity index (χ4n) is 2.99. The first kappa shape index (κ1) is 17.3. The van der Waals surface area contributed by atoms with Crippen LogP contribution in [0.5, 0.6) is 11.5 Å². The monoisotopic (exact) mass is 345 g/mol. The lowest BCUT2D eigenvalue weighted by atomic mass is 9.83. The first-order valence-electron chi connectivity index (χ1n) is 8.42. The van der Waals surface area contributed by atoms with Crippen LogP contribution in [-0.2, 0) is 4.74 Å². The number of nitrogens with one attached hydrogen (secondary N) is 1. The van der Waals surface area contributed by atoms with Gasteiger partial charge in [-0.25, -0.2) is 4.79 Å². The molecule has 1 N–H and O–H groups in total. The number of rotatable bonds is 3. The third-order valence-corrected chi connectivity index (χ3v) is 4.13. The van der Waals surface area contributed by atoms with E-state index in [1.54, 1.807) is 18.2 Å². The summed E-state index contributed by atoms with van der Waals surface area (Å²) < 4.78 is 15.9. The van der Waals surface area contributed by atoms with Crippen molar-refractivity contribution < 1.29 is 23.8 Å². The molecule has 1 heterocycles. The second kappa shape index (κ2) is 6.78. The van der Waals surface area contributed by atoms with Gasteiger partial charge in [-0.1, -0.05) is 12.2 Å².